The maximum absolute atomic E-state index is 13.5. The fraction of sp³-hybridized carbons (Fsp3) is 0.0714. The summed E-state index contributed by atoms with van der Waals surface area (Å²) in [4.78, 5) is 26.0. The Kier molecular flexibility index (Phi) is 6.57. The van der Waals surface area contributed by atoms with Crippen LogP contribution >= 0.6 is 11.6 Å². The zero-order valence-corrected chi connectivity index (χ0v) is 18.8. The van der Waals surface area contributed by atoms with Crippen molar-refractivity contribution in [3.8, 4) is 0 Å². The fourth-order valence-corrected chi connectivity index (χ4v) is 3.89. The summed E-state index contributed by atoms with van der Waals surface area (Å²) < 4.78 is 0. The monoisotopic (exact) mass is 454 g/mol. The first kappa shape index (κ1) is 22.3. The number of halogens is 1. The molecule has 5 heteroatoms. The van der Waals surface area contributed by atoms with Gasteiger partial charge in [-0.15, -0.1) is 0 Å². The Morgan fingerprint density at radius 3 is 1.70 bits per heavy atom. The Labute approximate surface area is 198 Å². The SMILES string of the molecule is CC(C(=O)Nc1ccc(NC(=O)c2cccc(Cl)c2)cc1)(c1ccccc1)c1ccccc1. The minimum Gasteiger partial charge on any atom is -0.325 e. The van der Waals surface area contributed by atoms with Crippen molar-refractivity contribution in [2.75, 3.05) is 10.6 Å². The Balaban J connectivity index is 1.53. The first-order chi connectivity index (χ1) is 16.0. The minimum atomic E-state index is -0.873. The molecule has 2 amide bonds. The molecule has 33 heavy (non-hydrogen) atoms. The van der Waals surface area contributed by atoms with Gasteiger partial charge in [0, 0.05) is 22.0 Å². The number of carbonyl (C=O) groups excluding carboxylic acids is 2. The van der Waals surface area contributed by atoms with Crippen LogP contribution in [0.5, 0.6) is 0 Å². The fourth-order valence-electron chi connectivity index (χ4n) is 3.70. The summed E-state index contributed by atoms with van der Waals surface area (Å²) in [6.45, 7) is 1.92. The van der Waals surface area contributed by atoms with Gasteiger partial charge in [0.05, 0.1) is 5.41 Å². The lowest BCUT2D eigenvalue weighted by atomic mass is 9.75. The summed E-state index contributed by atoms with van der Waals surface area (Å²) in [6.07, 6.45) is 0. The quantitative estimate of drug-likeness (QED) is 0.347. The second kappa shape index (κ2) is 9.72. The van der Waals surface area contributed by atoms with Crippen molar-refractivity contribution in [3.63, 3.8) is 0 Å². The van der Waals surface area contributed by atoms with Crippen LogP contribution in [0.15, 0.2) is 109 Å². The molecule has 0 bridgehead atoms. The van der Waals surface area contributed by atoms with E-state index in [0.717, 1.165) is 11.1 Å². The van der Waals surface area contributed by atoms with Gasteiger partial charge >= 0.3 is 0 Å². The molecule has 4 aromatic rings. The number of carbonyl (C=O) groups is 2. The molecule has 0 saturated heterocycles. The molecule has 0 fully saturated rings. The number of hydrogen-bond donors (Lipinski definition) is 2. The van der Waals surface area contributed by atoms with Gasteiger partial charge < -0.3 is 10.6 Å². The highest BCUT2D eigenvalue weighted by Crippen LogP contribution is 2.33. The highest BCUT2D eigenvalue weighted by Gasteiger charge is 2.37. The van der Waals surface area contributed by atoms with Gasteiger partial charge in [-0.1, -0.05) is 78.3 Å². The minimum absolute atomic E-state index is 0.143. The van der Waals surface area contributed by atoms with E-state index < -0.39 is 5.41 Å². The van der Waals surface area contributed by atoms with E-state index >= 15 is 0 Å². The zero-order valence-electron chi connectivity index (χ0n) is 18.1. The molecule has 0 aliphatic heterocycles. The summed E-state index contributed by atoms with van der Waals surface area (Å²) in [5.41, 5.74) is 2.66. The van der Waals surface area contributed by atoms with Crippen LogP contribution in [0.2, 0.25) is 5.02 Å². The first-order valence-corrected chi connectivity index (χ1v) is 10.9. The van der Waals surface area contributed by atoms with Gasteiger partial charge in [0.2, 0.25) is 5.91 Å². The second-order valence-electron chi connectivity index (χ2n) is 7.85. The van der Waals surface area contributed by atoms with E-state index in [9.17, 15) is 9.59 Å². The average Bonchev–Trinajstić information content (AvgIpc) is 2.85. The Hall–Kier alpha value is -3.89. The Morgan fingerprint density at radius 2 is 1.18 bits per heavy atom. The standard InChI is InChI=1S/C28H23ClN2O2/c1-28(21-10-4-2-5-11-21,22-12-6-3-7-13-22)27(33)31-25-17-15-24(16-18-25)30-26(32)20-9-8-14-23(29)19-20/h2-19H,1H3,(H,30,32)(H,31,33). The molecule has 0 unspecified atom stereocenters. The number of hydrogen-bond acceptors (Lipinski definition) is 2. The normalized spacial score (nSPS) is 11.0. The lowest BCUT2D eigenvalue weighted by molar-refractivity contribution is -0.119. The van der Waals surface area contributed by atoms with E-state index in [4.69, 9.17) is 11.6 Å². The van der Waals surface area contributed by atoms with E-state index in [-0.39, 0.29) is 11.8 Å². The summed E-state index contributed by atoms with van der Waals surface area (Å²) >= 11 is 5.97. The van der Waals surface area contributed by atoms with Crippen molar-refractivity contribution in [2.24, 2.45) is 0 Å². The zero-order chi connectivity index (χ0) is 23.3. The maximum atomic E-state index is 13.5. The molecule has 0 radical (unpaired) electrons. The van der Waals surface area contributed by atoms with Crippen molar-refractivity contribution in [1.29, 1.82) is 0 Å². The molecule has 4 rings (SSSR count). The molecule has 0 atom stereocenters. The lowest BCUT2D eigenvalue weighted by Crippen LogP contribution is -2.38. The third-order valence-electron chi connectivity index (χ3n) is 5.64. The largest absolute Gasteiger partial charge is 0.325 e. The van der Waals surface area contributed by atoms with Crippen LogP contribution in [0.4, 0.5) is 11.4 Å². The number of rotatable bonds is 6. The van der Waals surface area contributed by atoms with Gasteiger partial charge in [-0.25, -0.2) is 0 Å². The molecule has 0 aromatic heterocycles. The van der Waals surface area contributed by atoms with Crippen LogP contribution in [-0.2, 0) is 10.2 Å². The smallest absolute Gasteiger partial charge is 0.255 e. The second-order valence-corrected chi connectivity index (χ2v) is 8.29. The van der Waals surface area contributed by atoms with Crippen LogP contribution in [0.25, 0.3) is 0 Å². The van der Waals surface area contributed by atoms with Crippen molar-refractivity contribution in [2.45, 2.75) is 12.3 Å². The van der Waals surface area contributed by atoms with E-state index in [0.29, 0.717) is 22.0 Å². The summed E-state index contributed by atoms with van der Waals surface area (Å²) in [6, 6.07) is 33.2. The van der Waals surface area contributed by atoms with Crippen molar-refractivity contribution in [3.05, 3.63) is 131 Å². The average molecular weight is 455 g/mol. The third kappa shape index (κ3) is 4.97. The molecule has 0 aliphatic carbocycles. The molecular formula is C28H23ClN2O2. The predicted molar refractivity (Wildman–Crippen MR) is 134 cm³/mol. The molecule has 2 N–H and O–H groups in total. The number of benzene rings is 4. The van der Waals surface area contributed by atoms with Gasteiger partial charge in [0.25, 0.3) is 5.91 Å². The Morgan fingerprint density at radius 1 is 0.667 bits per heavy atom. The van der Waals surface area contributed by atoms with E-state index in [1.165, 1.54) is 0 Å². The highest BCUT2D eigenvalue weighted by atomic mass is 35.5. The number of amides is 2. The van der Waals surface area contributed by atoms with Gasteiger partial charge in [-0.2, -0.15) is 0 Å². The van der Waals surface area contributed by atoms with Crippen LogP contribution in [0.3, 0.4) is 0 Å². The lowest BCUT2D eigenvalue weighted by Gasteiger charge is -2.29. The summed E-state index contributed by atoms with van der Waals surface area (Å²) in [5, 5.41) is 6.37. The molecule has 164 valence electrons. The molecular weight excluding hydrogens is 432 g/mol. The molecule has 0 aliphatic rings. The highest BCUT2D eigenvalue weighted by molar-refractivity contribution is 6.31. The molecule has 4 aromatic carbocycles. The first-order valence-electron chi connectivity index (χ1n) is 10.6. The van der Waals surface area contributed by atoms with Crippen molar-refractivity contribution in [1.82, 2.24) is 0 Å². The molecule has 0 heterocycles. The number of anilines is 2. The van der Waals surface area contributed by atoms with Gasteiger partial charge in [-0.05, 0) is 60.5 Å². The maximum Gasteiger partial charge on any atom is 0.255 e. The van der Waals surface area contributed by atoms with Crippen LogP contribution in [-0.4, -0.2) is 11.8 Å². The summed E-state index contributed by atoms with van der Waals surface area (Å²) in [7, 11) is 0. The van der Waals surface area contributed by atoms with Gasteiger partial charge in [-0.3, -0.25) is 9.59 Å². The number of nitrogens with one attached hydrogen (secondary N) is 2. The Bertz CT molecular complexity index is 1220. The van der Waals surface area contributed by atoms with Crippen molar-refractivity contribution >= 4 is 34.8 Å². The van der Waals surface area contributed by atoms with Crippen LogP contribution in [0, 0.1) is 0 Å². The van der Waals surface area contributed by atoms with Gasteiger partial charge in [0.15, 0.2) is 0 Å². The topological polar surface area (TPSA) is 58.2 Å². The van der Waals surface area contributed by atoms with Crippen molar-refractivity contribution < 1.29 is 9.59 Å². The third-order valence-corrected chi connectivity index (χ3v) is 5.88. The molecule has 0 saturated carbocycles. The molecule has 0 spiro atoms. The van der Waals surface area contributed by atoms with Gasteiger partial charge in [0.1, 0.15) is 0 Å². The predicted octanol–water partition coefficient (Wildman–Crippen LogP) is 6.54. The van der Waals surface area contributed by atoms with Crippen LogP contribution in [0.1, 0.15) is 28.4 Å². The van der Waals surface area contributed by atoms with E-state index in [1.807, 2.05) is 67.6 Å². The summed E-state index contributed by atoms with van der Waals surface area (Å²) in [5.74, 6) is -0.398. The van der Waals surface area contributed by atoms with E-state index in [2.05, 4.69) is 10.6 Å². The van der Waals surface area contributed by atoms with Crippen LogP contribution < -0.4 is 10.6 Å². The van der Waals surface area contributed by atoms with E-state index in [1.54, 1.807) is 48.5 Å². The molecule has 4 nitrogen and oxygen atoms in total.